The van der Waals surface area contributed by atoms with Crippen LogP contribution in [0.15, 0.2) is 24.3 Å². The molecule has 0 fully saturated rings. The minimum absolute atomic E-state index is 0.184. The molecule has 5 heteroatoms. The van der Waals surface area contributed by atoms with Gasteiger partial charge in [0.05, 0.1) is 17.7 Å². The molecule has 0 radical (unpaired) electrons. The fraction of sp³-hybridized carbons (Fsp3) is 0.273. The minimum Gasteiger partial charge on any atom is -0.392 e. The van der Waals surface area contributed by atoms with Gasteiger partial charge in [-0.1, -0.05) is 6.07 Å². The summed E-state index contributed by atoms with van der Waals surface area (Å²) in [6.45, 7) is 1.76. The van der Waals surface area contributed by atoms with Crippen LogP contribution in [0.5, 0.6) is 0 Å². The molecule has 1 rings (SSSR count). The number of rotatable bonds is 3. The van der Waals surface area contributed by atoms with Crippen LogP contribution in [0.3, 0.4) is 0 Å². The number of amides is 2. The summed E-state index contributed by atoms with van der Waals surface area (Å²) < 4.78 is 0. The van der Waals surface area contributed by atoms with Crippen LogP contribution in [0, 0.1) is 11.3 Å². The molecule has 84 valence electrons. The summed E-state index contributed by atoms with van der Waals surface area (Å²) in [5, 5.41) is 22.7. The normalized spacial score (nSPS) is 11.3. The van der Waals surface area contributed by atoms with Gasteiger partial charge in [0.25, 0.3) is 0 Å². The standard InChI is InChI=1S/C11H13N3O2/c1-8(15)7-13-11(16)14-10-4-2-3-9(5-10)6-12/h2-5,8,15H,7H2,1H3,(H2,13,14,16)/t8-/m0/s1. The summed E-state index contributed by atoms with van der Waals surface area (Å²) in [7, 11) is 0. The molecule has 0 aromatic heterocycles. The van der Waals surface area contributed by atoms with Crippen molar-refractivity contribution in [2.45, 2.75) is 13.0 Å². The summed E-state index contributed by atoms with van der Waals surface area (Å²) in [5.41, 5.74) is 1.02. The smallest absolute Gasteiger partial charge is 0.319 e. The molecule has 16 heavy (non-hydrogen) atoms. The number of hydrogen-bond donors (Lipinski definition) is 3. The van der Waals surface area contributed by atoms with Gasteiger partial charge in [0, 0.05) is 12.2 Å². The van der Waals surface area contributed by atoms with Gasteiger partial charge >= 0.3 is 6.03 Å². The first-order valence-corrected chi connectivity index (χ1v) is 4.85. The quantitative estimate of drug-likeness (QED) is 0.710. The van der Waals surface area contributed by atoms with Crippen LogP contribution in [-0.2, 0) is 0 Å². The topological polar surface area (TPSA) is 85.2 Å². The zero-order valence-corrected chi connectivity index (χ0v) is 8.90. The first-order valence-electron chi connectivity index (χ1n) is 4.85. The Hall–Kier alpha value is -2.06. The van der Waals surface area contributed by atoms with E-state index in [1.54, 1.807) is 31.2 Å². The molecule has 3 N–H and O–H groups in total. The molecular weight excluding hydrogens is 206 g/mol. The molecule has 0 aliphatic heterocycles. The van der Waals surface area contributed by atoms with Gasteiger partial charge in [-0.25, -0.2) is 4.79 Å². The zero-order valence-electron chi connectivity index (χ0n) is 8.90. The number of benzene rings is 1. The van der Waals surface area contributed by atoms with Crippen LogP contribution in [0.1, 0.15) is 12.5 Å². The van der Waals surface area contributed by atoms with Gasteiger partial charge in [0.15, 0.2) is 0 Å². The lowest BCUT2D eigenvalue weighted by Gasteiger charge is -2.08. The van der Waals surface area contributed by atoms with Crippen LogP contribution >= 0.6 is 0 Å². The largest absolute Gasteiger partial charge is 0.392 e. The number of aliphatic hydroxyl groups is 1. The van der Waals surface area contributed by atoms with Gasteiger partial charge in [-0.15, -0.1) is 0 Å². The van der Waals surface area contributed by atoms with Gasteiger partial charge in [0.2, 0.25) is 0 Å². The minimum atomic E-state index is -0.587. The molecule has 1 aromatic carbocycles. The lowest BCUT2D eigenvalue weighted by atomic mass is 10.2. The highest BCUT2D eigenvalue weighted by Gasteiger charge is 2.03. The van der Waals surface area contributed by atoms with E-state index in [0.29, 0.717) is 11.3 Å². The van der Waals surface area contributed by atoms with E-state index in [0.717, 1.165) is 0 Å². The summed E-state index contributed by atoms with van der Waals surface area (Å²) in [4.78, 5) is 11.3. The van der Waals surface area contributed by atoms with E-state index in [-0.39, 0.29) is 6.54 Å². The molecule has 0 saturated heterocycles. The Labute approximate surface area is 93.7 Å². The molecule has 0 spiro atoms. The van der Waals surface area contributed by atoms with Crippen LogP contribution in [-0.4, -0.2) is 23.8 Å². The van der Waals surface area contributed by atoms with Gasteiger partial charge in [0.1, 0.15) is 0 Å². The number of aliphatic hydroxyl groups excluding tert-OH is 1. The Bertz CT molecular complexity index is 410. The Morgan fingerprint density at radius 2 is 2.38 bits per heavy atom. The maximum absolute atomic E-state index is 11.3. The van der Waals surface area contributed by atoms with Crippen molar-refractivity contribution in [3.63, 3.8) is 0 Å². The molecular formula is C11H13N3O2. The second kappa shape index (κ2) is 5.73. The average molecular weight is 219 g/mol. The molecule has 1 atom stereocenters. The van der Waals surface area contributed by atoms with Crippen LogP contribution in [0.2, 0.25) is 0 Å². The molecule has 0 saturated carbocycles. The molecule has 0 unspecified atom stereocenters. The SMILES string of the molecule is C[C@H](O)CNC(=O)Nc1cccc(C#N)c1. The monoisotopic (exact) mass is 219 g/mol. The Morgan fingerprint density at radius 1 is 1.62 bits per heavy atom. The van der Waals surface area contributed by atoms with Crippen LogP contribution in [0.4, 0.5) is 10.5 Å². The lowest BCUT2D eigenvalue weighted by Crippen LogP contribution is -2.34. The van der Waals surface area contributed by atoms with Crippen molar-refractivity contribution >= 4 is 11.7 Å². The first kappa shape index (κ1) is 12.0. The Morgan fingerprint density at radius 3 is 3.00 bits per heavy atom. The third kappa shape index (κ3) is 3.98. The molecule has 0 aliphatic carbocycles. The predicted octanol–water partition coefficient (Wildman–Crippen LogP) is 1.06. The van der Waals surface area contributed by atoms with Crippen LogP contribution < -0.4 is 10.6 Å². The molecule has 2 amide bonds. The molecule has 1 aromatic rings. The third-order valence-corrected chi connectivity index (χ3v) is 1.81. The maximum Gasteiger partial charge on any atom is 0.319 e. The molecule has 0 heterocycles. The second-order valence-corrected chi connectivity index (χ2v) is 3.38. The van der Waals surface area contributed by atoms with Crippen molar-refractivity contribution in [3.8, 4) is 6.07 Å². The number of nitriles is 1. The van der Waals surface area contributed by atoms with E-state index in [9.17, 15) is 4.79 Å². The van der Waals surface area contributed by atoms with Gasteiger partial charge in [-0.2, -0.15) is 5.26 Å². The maximum atomic E-state index is 11.3. The summed E-state index contributed by atoms with van der Waals surface area (Å²) >= 11 is 0. The van der Waals surface area contributed by atoms with Crippen molar-refractivity contribution in [2.75, 3.05) is 11.9 Å². The van der Waals surface area contributed by atoms with E-state index in [4.69, 9.17) is 10.4 Å². The van der Waals surface area contributed by atoms with Crippen molar-refractivity contribution in [1.82, 2.24) is 5.32 Å². The summed E-state index contributed by atoms with van der Waals surface area (Å²) in [6.07, 6.45) is -0.587. The van der Waals surface area contributed by atoms with Gasteiger partial charge in [-0.3, -0.25) is 0 Å². The highest BCUT2D eigenvalue weighted by Crippen LogP contribution is 2.09. The van der Waals surface area contributed by atoms with E-state index < -0.39 is 12.1 Å². The number of carbonyl (C=O) groups is 1. The third-order valence-electron chi connectivity index (χ3n) is 1.81. The second-order valence-electron chi connectivity index (χ2n) is 3.38. The Kier molecular flexibility index (Phi) is 4.30. The predicted molar refractivity (Wildman–Crippen MR) is 59.9 cm³/mol. The van der Waals surface area contributed by atoms with E-state index in [1.807, 2.05) is 6.07 Å². The van der Waals surface area contributed by atoms with E-state index in [2.05, 4.69) is 10.6 Å². The number of carbonyl (C=O) groups excluding carboxylic acids is 1. The molecule has 5 nitrogen and oxygen atoms in total. The summed E-state index contributed by atoms with van der Waals surface area (Å²) in [5.74, 6) is 0. The fourth-order valence-corrected chi connectivity index (χ4v) is 1.08. The van der Waals surface area contributed by atoms with Crippen molar-refractivity contribution < 1.29 is 9.90 Å². The van der Waals surface area contributed by atoms with Crippen molar-refractivity contribution in [2.24, 2.45) is 0 Å². The summed E-state index contributed by atoms with van der Waals surface area (Å²) in [6, 6.07) is 8.16. The lowest BCUT2D eigenvalue weighted by molar-refractivity contribution is 0.190. The number of urea groups is 1. The first-order chi connectivity index (χ1) is 7.61. The number of hydrogen-bond acceptors (Lipinski definition) is 3. The average Bonchev–Trinajstić information content (AvgIpc) is 2.26. The van der Waals surface area contributed by atoms with Crippen molar-refractivity contribution in [3.05, 3.63) is 29.8 Å². The van der Waals surface area contributed by atoms with Crippen LogP contribution in [0.25, 0.3) is 0 Å². The van der Waals surface area contributed by atoms with Crippen molar-refractivity contribution in [1.29, 1.82) is 5.26 Å². The highest BCUT2D eigenvalue weighted by atomic mass is 16.3. The van der Waals surface area contributed by atoms with E-state index in [1.165, 1.54) is 0 Å². The number of nitrogens with one attached hydrogen (secondary N) is 2. The Balaban J connectivity index is 2.53. The van der Waals surface area contributed by atoms with E-state index >= 15 is 0 Å². The molecule has 0 aliphatic rings. The molecule has 0 bridgehead atoms. The fourth-order valence-electron chi connectivity index (χ4n) is 1.08. The van der Waals surface area contributed by atoms with Gasteiger partial charge in [-0.05, 0) is 25.1 Å². The van der Waals surface area contributed by atoms with Gasteiger partial charge < -0.3 is 15.7 Å². The highest BCUT2D eigenvalue weighted by molar-refractivity contribution is 5.89. The number of nitrogens with zero attached hydrogens (tertiary/aromatic N) is 1. The zero-order chi connectivity index (χ0) is 12.0. The number of anilines is 1.